The summed E-state index contributed by atoms with van der Waals surface area (Å²) in [6.07, 6.45) is 2.19. The Labute approximate surface area is 106 Å². The SMILES string of the molecule is CCCC1=Nc2sc(C)c(C)c2C2=NCCN12. The molecule has 2 aliphatic heterocycles. The van der Waals surface area contributed by atoms with Crippen LogP contribution in [0.2, 0.25) is 0 Å². The minimum absolute atomic E-state index is 0.909. The summed E-state index contributed by atoms with van der Waals surface area (Å²) < 4.78 is 0. The Balaban J connectivity index is 2.16. The first-order valence-electron chi connectivity index (χ1n) is 6.22. The number of rotatable bonds is 2. The average Bonchev–Trinajstić information content (AvgIpc) is 2.86. The number of hydrogen-bond acceptors (Lipinski definition) is 4. The number of hydrogen-bond donors (Lipinski definition) is 0. The maximum absolute atomic E-state index is 4.84. The zero-order valence-electron chi connectivity index (χ0n) is 10.6. The van der Waals surface area contributed by atoms with Gasteiger partial charge >= 0.3 is 0 Å². The van der Waals surface area contributed by atoms with E-state index in [1.165, 1.54) is 32.7 Å². The van der Waals surface area contributed by atoms with Crippen LogP contribution in [-0.2, 0) is 0 Å². The molecule has 2 aliphatic rings. The highest BCUT2D eigenvalue weighted by molar-refractivity contribution is 7.16. The van der Waals surface area contributed by atoms with Crippen molar-refractivity contribution in [1.29, 1.82) is 0 Å². The fourth-order valence-corrected chi connectivity index (χ4v) is 3.50. The van der Waals surface area contributed by atoms with Crippen LogP contribution in [0.25, 0.3) is 0 Å². The average molecular weight is 247 g/mol. The third-order valence-electron chi connectivity index (χ3n) is 3.45. The van der Waals surface area contributed by atoms with Gasteiger partial charge in [0.2, 0.25) is 0 Å². The van der Waals surface area contributed by atoms with Crippen molar-refractivity contribution >= 4 is 28.0 Å². The lowest BCUT2D eigenvalue weighted by atomic mass is 10.1. The molecule has 0 amide bonds. The van der Waals surface area contributed by atoms with E-state index >= 15 is 0 Å². The van der Waals surface area contributed by atoms with E-state index in [1.807, 2.05) is 0 Å². The third kappa shape index (κ3) is 1.54. The van der Waals surface area contributed by atoms with E-state index < -0.39 is 0 Å². The predicted octanol–water partition coefficient (Wildman–Crippen LogP) is 3.27. The molecule has 1 aromatic rings. The lowest BCUT2D eigenvalue weighted by Gasteiger charge is -2.26. The molecule has 0 aliphatic carbocycles. The van der Waals surface area contributed by atoms with Crippen molar-refractivity contribution in [3.05, 3.63) is 16.0 Å². The van der Waals surface area contributed by atoms with E-state index in [2.05, 4.69) is 30.7 Å². The lowest BCUT2D eigenvalue weighted by molar-refractivity contribution is 0.639. The summed E-state index contributed by atoms with van der Waals surface area (Å²) in [7, 11) is 0. The number of nitrogens with zero attached hydrogens (tertiary/aromatic N) is 3. The van der Waals surface area contributed by atoms with Crippen molar-refractivity contribution in [2.45, 2.75) is 33.6 Å². The van der Waals surface area contributed by atoms with Crippen LogP contribution in [0, 0.1) is 13.8 Å². The standard InChI is InChI=1S/C13H17N3S/c1-4-5-10-15-13-11(8(2)9(3)17-13)12-14-6-7-16(10)12/h4-7H2,1-3H3. The Bertz CT molecular complexity index is 525. The summed E-state index contributed by atoms with van der Waals surface area (Å²) in [5.74, 6) is 2.37. The van der Waals surface area contributed by atoms with Crippen LogP contribution < -0.4 is 0 Å². The fraction of sp³-hybridized carbons (Fsp3) is 0.538. The van der Waals surface area contributed by atoms with Gasteiger partial charge in [0.15, 0.2) is 0 Å². The first-order valence-corrected chi connectivity index (χ1v) is 7.04. The molecule has 0 aromatic carbocycles. The van der Waals surface area contributed by atoms with E-state index in [0.717, 1.165) is 25.9 Å². The minimum Gasteiger partial charge on any atom is -0.312 e. The van der Waals surface area contributed by atoms with Crippen molar-refractivity contribution in [2.24, 2.45) is 9.98 Å². The van der Waals surface area contributed by atoms with Crippen molar-refractivity contribution < 1.29 is 0 Å². The Kier molecular flexibility index (Phi) is 2.54. The smallest absolute Gasteiger partial charge is 0.139 e. The molecule has 3 nitrogen and oxygen atoms in total. The second kappa shape index (κ2) is 3.95. The molecule has 3 rings (SSSR count). The first kappa shape index (κ1) is 11.0. The summed E-state index contributed by atoms with van der Waals surface area (Å²) in [6, 6.07) is 0. The van der Waals surface area contributed by atoms with Crippen LogP contribution in [-0.4, -0.2) is 29.7 Å². The number of amidine groups is 2. The molecule has 0 radical (unpaired) electrons. The quantitative estimate of drug-likeness (QED) is 0.788. The van der Waals surface area contributed by atoms with Crippen LogP contribution in [0.15, 0.2) is 9.98 Å². The second-order valence-corrected chi connectivity index (χ2v) is 5.80. The molecule has 0 atom stereocenters. The van der Waals surface area contributed by atoms with Gasteiger partial charge in [-0.25, -0.2) is 4.99 Å². The number of thiophene rings is 1. The van der Waals surface area contributed by atoms with E-state index in [9.17, 15) is 0 Å². The van der Waals surface area contributed by atoms with Crippen LogP contribution >= 0.6 is 11.3 Å². The maximum Gasteiger partial charge on any atom is 0.139 e. The van der Waals surface area contributed by atoms with E-state index in [-0.39, 0.29) is 0 Å². The van der Waals surface area contributed by atoms with Gasteiger partial charge in [-0.1, -0.05) is 6.92 Å². The van der Waals surface area contributed by atoms with Gasteiger partial charge < -0.3 is 4.90 Å². The third-order valence-corrected chi connectivity index (χ3v) is 4.55. The van der Waals surface area contributed by atoms with Gasteiger partial charge in [-0.3, -0.25) is 4.99 Å². The molecule has 0 spiro atoms. The van der Waals surface area contributed by atoms with Crippen LogP contribution in [0.3, 0.4) is 0 Å². The number of aryl methyl sites for hydroxylation is 1. The van der Waals surface area contributed by atoms with Gasteiger partial charge in [-0.2, -0.15) is 0 Å². The summed E-state index contributed by atoms with van der Waals surface area (Å²) >= 11 is 1.80. The highest BCUT2D eigenvalue weighted by atomic mass is 32.1. The van der Waals surface area contributed by atoms with Gasteiger partial charge in [-0.05, 0) is 25.8 Å². The molecule has 0 bridgehead atoms. The van der Waals surface area contributed by atoms with Gasteiger partial charge in [-0.15, -0.1) is 11.3 Å². The second-order valence-electron chi connectivity index (χ2n) is 4.60. The molecule has 0 unspecified atom stereocenters. The Morgan fingerprint density at radius 2 is 2.18 bits per heavy atom. The molecular weight excluding hydrogens is 230 g/mol. The summed E-state index contributed by atoms with van der Waals surface area (Å²) in [5.41, 5.74) is 2.64. The normalized spacial score (nSPS) is 17.7. The topological polar surface area (TPSA) is 28.0 Å². The first-order chi connectivity index (χ1) is 8.22. The molecule has 1 aromatic heterocycles. The van der Waals surface area contributed by atoms with Crippen molar-refractivity contribution in [3.8, 4) is 0 Å². The van der Waals surface area contributed by atoms with Gasteiger partial charge in [0, 0.05) is 17.8 Å². The molecular formula is C13H17N3S. The Morgan fingerprint density at radius 1 is 1.35 bits per heavy atom. The molecule has 0 saturated heterocycles. The largest absolute Gasteiger partial charge is 0.312 e. The number of fused-ring (bicyclic) bond motifs is 3. The molecule has 90 valence electrons. The monoisotopic (exact) mass is 247 g/mol. The molecule has 0 saturated carbocycles. The highest BCUT2D eigenvalue weighted by Crippen LogP contribution is 2.39. The zero-order valence-corrected chi connectivity index (χ0v) is 11.4. The van der Waals surface area contributed by atoms with Gasteiger partial charge in [0.05, 0.1) is 12.1 Å². The van der Waals surface area contributed by atoms with Crippen molar-refractivity contribution in [2.75, 3.05) is 13.1 Å². The van der Waals surface area contributed by atoms with Crippen LogP contribution in [0.1, 0.15) is 35.8 Å². The van der Waals surface area contributed by atoms with E-state index in [4.69, 9.17) is 4.99 Å². The molecule has 17 heavy (non-hydrogen) atoms. The van der Waals surface area contributed by atoms with E-state index in [1.54, 1.807) is 11.3 Å². The summed E-state index contributed by atoms with van der Waals surface area (Å²) in [4.78, 5) is 13.2. The molecule has 0 N–H and O–H groups in total. The van der Waals surface area contributed by atoms with E-state index in [0.29, 0.717) is 0 Å². The minimum atomic E-state index is 0.909. The van der Waals surface area contributed by atoms with Gasteiger partial charge in [0.25, 0.3) is 0 Å². The van der Waals surface area contributed by atoms with Crippen molar-refractivity contribution in [3.63, 3.8) is 0 Å². The van der Waals surface area contributed by atoms with Crippen LogP contribution in [0.4, 0.5) is 5.00 Å². The highest BCUT2D eigenvalue weighted by Gasteiger charge is 2.31. The Hall–Kier alpha value is -1.16. The lowest BCUT2D eigenvalue weighted by Crippen LogP contribution is -2.37. The van der Waals surface area contributed by atoms with Crippen molar-refractivity contribution in [1.82, 2.24) is 4.90 Å². The Morgan fingerprint density at radius 3 is 2.94 bits per heavy atom. The molecule has 4 heteroatoms. The summed E-state index contributed by atoms with van der Waals surface area (Å²) in [6.45, 7) is 8.47. The fourth-order valence-electron chi connectivity index (χ4n) is 2.46. The predicted molar refractivity (Wildman–Crippen MR) is 73.9 cm³/mol. The van der Waals surface area contributed by atoms with Crippen LogP contribution in [0.5, 0.6) is 0 Å². The number of aliphatic imine (C=N–C) groups is 2. The molecule has 3 heterocycles. The van der Waals surface area contributed by atoms with Gasteiger partial charge in [0.1, 0.15) is 16.7 Å². The molecule has 0 fully saturated rings. The maximum atomic E-state index is 4.84. The zero-order chi connectivity index (χ0) is 12.0. The summed E-state index contributed by atoms with van der Waals surface area (Å²) in [5, 5.41) is 1.17.